The molecule has 0 radical (unpaired) electrons. The Balaban J connectivity index is 2.72. The molecule has 0 aromatic heterocycles. The molecule has 0 unspecified atom stereocenters. The second-order valence-corrected chi connectivity index (χ2v) is 5.47. The lowest BCUT2D eigenvalue weighted by Gasteiger charge is -2.21. The average Bonchev–Trinajstić information content (AvgIpc) is 2.34. The number of alkyl halides is 1. The second-order valence-electron chi connectivity index (χ2n) is 3.84. The van der Waals surface area contributed by atoms with E-state index in [1.54, 1.807) is 0 Å². The van der Waals surface area contributed by atoms with Crippen molar-refractivity contribution in [3.05, 3.63) is 33.4 Å². The number of benzene rings is 1. The monoisotopic (exact) mass is 365 g/mol. The van der Waals surface area contributed by atoms with Crippen LogP contribution in [0, 0.1) is 3.57 Å². The number of unbranched alkanes of at least 4 members (excludes halogenated alkanes) is 1. The summed E-state index contributed by atoms with van der Waals surface area (Å²) in [6, 6.07) is 7.65. The lowest BCUT2D eigenvalue weighted by molar-refractivity contribution is 0.0763. The van der Waals surface area contributed by atoms with Crippen LogP contribution in [-0.2, 0) is 0 Å². The zero-order valence-electron chi connectivity index (χ0n) is 9.96. The van der Waals surface area contributed by atoms with E-state index in [-0.39, 0.29) is 5.91 Å². The average molecular weight is 366 g/mol. The Labute approximate surface area is 121 Å². The first kappa shape index (κ1) is 14.8. The van der Waals surface area contributed by atoms with Gasteiger partial charge in [-0.25, -0.2) is 0 Å². The van der Waals surface area contributed by atoms with Crippen LogP contribution < -0.4 is 0 Å². The van der Waals surface area contributed by atoms with Gasteiger partial charge in [0.1, 0.15) is 0 Å². The van der Waals surface area contributed by atoms with Crippen molar-refractivity contribution in [3.63, 3.8) is 0 Å². The summed E-state index contributed by atoms with van der Waals surface area (Å²) in [7, 11) is 0. The quantitative estimate of drug-likeness (QED) is 0.555. The SMILES string of the molecule is CCCCN(CCCl)C(=O)c1ccc(I)cc1. The Morgan fingerprint density at radius 2 is 1.94 bits per heavy atom. The van der Waals surface area contributed by atoms with Crippen molar-refractivity contribution in [2.24, 2.45) is 0 Å². The van der Waals surface area contributed by atoms with E-state index in [9.17, 15) is 4.79 Å². The minimum Gasteiger partial charge on any atom is -0.337 e. The normalized spacial score (nSPS) is 10.3. The Morgan fingerprint density at radius 1 is 1.29 bits per heavy atom. The maximum Gasteiger partial charge on any atom is 0.253 e. The summed E-state index contributed by atoms with van der Waals surface area (Å²) in [5.74, 6) is 0.565. The van der Waals surface area contributed by atoms with Crippen LogP contribution in [0.1, 0.15) is 30.1 Å². The zero-order valence-corrected chi connectivity index (χ0v) is 12.9. The van der Waals surface area contributed by atoms with Crippen molar-refractivity contribution in [1.82, 2.24) is 4.90 Å². The largest absolute Gasteiger partial charge is 0.337 e. The van der Waals surface area contributed by atoms with Crippen LogP contribution in [0.5, 0.6) is 0 Å². The van der Waals surface area contributed by atoms with E-state index >= 15 is 0 Å². The topological polar surface area (TPSA) is 20.3 Å². The molecule has 0 bridgehead atoms. The van der Waals surface area contributed by atoms with Crippen molar-refractivity contribution < 1.29 is 4.79 Å². The highest BCUT2D eigenvalue weighted by Crippen LogP contribution is 2.10. The van der Waals surface area contributed by atoms with Gasteiger partial charge in [-0.05, 0) is 53.3 Å². The van der Waals surface area contributed by atoms with E-state index < -0.39 is 0 Å². The van der Waals surface area contributed by atoms with E-state index in [0.29, 0.717) is 12.4 Å². The van der Waals surface area contributed by atoms with Crippen molar-refractivity contribution in [1.29, 1.82) is 0 Å². The van der Waals surface area contributed by atoms with Gasteiger partial charge in [0.2, 0.25) is 0 Å². The highest BCUT2D eigenvalue weighted by Gasteiger charge is 2.14. The minimum absolute atomic E-state index is 0.0792. The van der Waals surface area contributed by atoms with Gasteiger partial charge in [-0.3, -0.25) is 4.79 Å². The van der Waals surface area contributed by atoms with Gasteiger partial charge >= 0.3 is 0 Å². The summed E-state index contributed by atoms with van der Waals surface area (Å²) < 4.78 is 1.14. The summed E-state index contributed by atoms with van der Waals surface area (Å²) in [6.07, 6.45) is 2.10. The summed E-state index contributed by atoms with van der Waals surface area (Å²) in [5.41, 5.74) is 0.742. The number of hydrogen-bond donors (Lipinski definition) is 0. The third kappa shape index (κ3) is 4.84. The highest BCUT2D eigenvalue weighted by atomic mass is 127. The molecule has 94 valence electrons. The number of carbonyl (C=O) groups is 1. The van der Waals surface area contributed by atoms with Gasteiger partial charge in [-0.2, -0.15) is 0 Å². The van der Waals surface area contributed by atoms with Gasteiger partial charge in [0.15, 0.2) is 0 Å². The van der Waals surface area contributed by atoms with Gasteiger partial charge in [0.05, 0.1) is 0 Å². The van der Waals surface area contributed by atoms with Gasteiger partial charge in [0, 0.05) is 28.1 Å². The van der Waals surface area contributed by atoms with Crippen molar-refractivity contribution in [2.45, 2.75) is 19.8 Å². The first-order chi connectivity index (χ1) is 8.19. The molecular weight excluding hydrogens is 349 g/mol. The number of hydrogen-bond acceptors (Lipinski definition) is 1. The van der Waals surface area contributed by atoms with Crippen LogP contribution in [0.25, 0.3) is 0 Å². The minimum atomic E-state index is 0.0792. The van der Waals surface area contributed by atoms with Crippen molar-refractivity contribution in [3.8, 4) is 0 Å². The number of carbonyl (C=O) groups excluding carboxylic acids is 1. The number of rotatable bonds is 6. The zero-order chi connectivity index (χ0) is 12.7. The molecule has 4 heteroatoms. The smallest absolute Gasteiger partial charge is 0.253 e. The fourth-order valence-electron chi connectivity index (χ4n) is 1.54. The molecule has 2 nitrogen and oxygen atoms in total. The molecule has 17 heavy (non-hydrogen) atoms. The molecule has 1 rings (SSSR count). The molecule has 0 aliphatic rings. The van der Waals surface area contributed by atoms with Crippen LogP contribution in [0.15, 0.2) is 24.3 Å². The Morgan fingerprint density at radius 3 is 2.47 bits per heavy atom. The predicted octanol–water partition coefficient (Wildman–Crippen LogP) is 3.77. The molecule has 0 fully saturated rings. The first-order valence-electron chi connectivity index (χ1n) is 5.79. The molecular formula is C13H17ClINO. The molecule has 1 aromatic rings. The molecule has 0 saturated carbocycles. The third-order valence-electron chi connectivity index (χ3n) is 2.51. The molecule has 0 spiro atoms. The molecule has 0 atom stereocenters. The highest BCUT2D eigenvalue weighted by molar-refractivity contribution is 14.1. The molecule has 1 amide bonds. The Hall–Kier alpha value is -0.290. The summed E-state index contributed by atoms with van der Waals surface area (Å²) >= 11 is 7.97. The second kappa shape index (κ2) is 7.93. The van der Waals surface area contributed by atoms with E-state index in [1.807, 2.05) is 29.2 Å². The lowest BCUT2D eigenvalue weighted by atomic mass is 10.2. The van der Waals surface area contributed by atoms with E-state index in [4.69, 9.17) is 11.6 Å². The third-order valence-corrected chi connectivity index (χ3v) is 3.40. The fraction of sp³-hybridized carbons (Fsp3) is 0.462. The van der Waals surface area contributed by atoms with Crippen LogP contribution >= 0.6 is 34.2 Å². The molecule has 0 aliphatic heterocycles. The van der Waals surface area contributed by atoms with Crippen LogP contribution in [0.3, 0.4) is 0 Å². The van der Waals surface area contributed by atoms with Crippen molar-refractivity contribution in [2.75, 3.05) is 19.0 Å². The van der Waals surface area contributed by atoms with Gasteiger partial charge in [-0.15, -0.1) is 11.6 Å². The summed E-state index contributed by atoms with van der Waals surface area (Å²) in [5, 5.41) is 0. The van der Waals surface area contributed by atoms with Gasteiger partial charge in [0.25, 0.3) is 5.91 Å². The fourth-order valence-corrected chi connectivity index (χ4v) is 2.10. The van der Waals surface area contributed by atoms with E-state index in [2.05, 4.69) is 29.5 Å². The standard InChI is InChI=1S/C13H17ClINO/c1-2-3-9-16(10-8-14)13(17)11-4-6-12(15)7-5-11/h4-7H,2-3,8-10H2,1H3. The molecule has 0 aliphatic carbocycles. The maximum atomic E-state index is 12.2. The number of amides is 1. The van der Waals surface area contributed by atoms with Crippen LogP contribution in [0.2, 0.25) is 0 Å². The maximum absolute atomic E-state index is 12.2. The Bertz CT molecular complexity index is 353. The van der Waals surface area contributed by atoms with Gasteiger partial charge in [-0.1, -0.05) is 13.3 Å². The van der Waals surface area contributed by atoms with Crippen LogP contribution in [0.4, 0.5) is 0 Å². The van der Waals surface area contributed by atoms with Gasteiger partial charge < -0.3 is 4.90 Å². The van der Waals surface area contributed by atoms with Crippen molar-refractivity contribution >= 4 is 40.1 Å². The molecule has 0 saturated heterocycles. The Kier molecular flexibility index (Phi) is 6.89. The molecule has 0 N–H and O–H groups in total. The summed E-state index contributed by atoms with van der Waals surface area (Å²) in [6.45, 7) is 3.52. The molecule has 1 aromatic carbocycles. The summed E-state index contributed by atoms with van der Waals surface area (Å²) in [4.78, 5) is 14.0. The molecule has 0 heterocycles. The predicted molar refractivity (Wildman–Crippen MR) is 80.7 cm³/mol. The number of nitrogens with zero attached hydrogens (tertiary/aromatic N) is 1. The first-order valence-corrected chi connectivity index (χ1v) is 7.41. The van der Waals surface area contributed by atoms with E-state index in [1.165, 1.54) is 0 Å². The lowest BCUT2D eigenvalue weighted by Crippen LogP contribution is -2.33. The number of halogens is 2. The van der Waals surface area contributed by atoms with Crippen LogP contribution in [-0.4, -0.2) is 29.8 Å². The van der Waals surface area contributed by atoms with E-state index in [0.717, 1.165) is 28.5 Å².